The van der Waals surface area contributed by atoms with Crippen LogP contribution in [0.15, 0.2) is 54.6 Å². The van der Waals surface area contributed by atoms with Gasteiger partial charge in [-0.25, -0.2) is 0 Å². The van der Waals surface area contributed by atoms with Crippen molar-refractivity contribution in [2.24, 2.45) is 5.41 Å². The lowest BCUT2D eigenvalue weighted by Gasteiger charge is -2.48. The van der Waals surface area contributed by atoms with Crippen LogP contribution in [0, 0.1) is 5.41 Å². The number of benzene rings is 2. The molecule has 0 fully saturated rings. The summed E-state index contributed by atoms with van der Waals surface area (Å²) in [6, 6.07) is 18.9. The second-order valence-electron chi connectivity index (χ2n) is 6.17. The Hall–Kier alpha value is -1.76. The Morgan fingerprint density at radius 1 is 0.842 bits per heavy atom. The van der Waals surface area contributed by atoms with Crippen LogP contribution in [-0.2, 0) is 12.0 Å². The SMILES string of the molecule is CC1(C)Cc2ccccc2OC1(C)c1ccccc1. The second-order valence-corrected chi connectivity index (χ2v) is 6.17. The van der Waals surface area contributed by atoms with Gasteiger partial charge in [-0.2, -0.15) is 0 Å². The third kappa shape index (κ3) is 1.85. The van der Waals surface area contributed by atoms with E-state index in [-0.39, 0.29) is 11.0 Å². The highest BCUT2D eigenvalue weighted by molar-refractivity contribution is 5.40. The van der Waals surface area contributed by atoms with E-state index in [1.165, 1.54) is 11.1 Å². The molecule has 0 amide bonds. The molecule has 2 aromatic rings. The Morgan fingerprint density at radius 3 is 2.21 bits per heavy atom. The minimum atomic E-state index is -0.289. The molecule has 19 heavy (non-hydrogen) atoms. The zero-order valence-corrected chi connectivity index (χ0v) is 11.8. The molecule has 2 aromatic carbocycles. The molecule has 0 aromatic heterocycles. The summed E-state index contributed by atoms with van der Waals surface area (Å²) in [7, 11) is 0. The molecule has 1 unspecified atom stereocenters. The molecule has 0 spiro atoms. The molecule has 1 nitrogen and oxygen atoms in total. The summed E-state index contributed by atoms with van der Waals surface area (Å²) < 4.78 is 6.42. The first-order valence-corrected chi connectivity index (χ1v) is 6.85. The summed E-state index contributed by atoms with van der Waals surface area (Å²) in [6.45, 7) is 6.78. The molecule has 98 valence electrons. The van der Waals surface area contributed by atoms with Crippen molar-refractivity contribution < 1.29 is 4.74 Å². The van der Waals surface area contributed by atoms with Crippen LogP contribution < -0.4 is 4.74 Å². The van der Waals surface area contributed by atoms with Gasteiger partial charge in [-0.1, -0.05) is 62.4 Å². The van der Waals surface area contributed by atoms with Crippen molar-refractivity contribution in [2.45, 2.75) is 32.8 Å². The van der Waals surface area contributed by atoms with Crippen LogP contribution in [0.3, 0.4) is 0 Å². The third-order valence-corrected chi connectivity index (χ3v) is 4.54. The molecule has 3 rings (SSSR count). The smallest absolute Gasteiger partial charge is 0.137 e. The fourth-order valence-corrected chi connectivity index (χ4v) is 2.96. The topological polar surface area (TPSA) is 9.23 Å². The molecule has 1 atom stereocenters. The van der Waals surface area contributed by atoms with Gasteiger partial charge in [0.25, 0.3) is 0 Å². The minimum Gasteiger partial charge on any atom is -0.482 e. The average molecular weight is 252 g/mol. The number of fused-ring (bicyclic) bond motifs is 1. The van der Waals surface area contributed by atoms with Gasteiger partial charge >= 0.3 is 0 Å². The molecule has 0 radical (unpaired) electrons. The minimum absolute atomic E-state index is 0.0582. The first-order valence-electron chi connectivity index (χ1n) is 6.85. The molecule has 1 heterocycles. The predicted octanol–water partition coefficient (Wildman–Crippen LogP) is 4.56. The zero-order valence-electron chi connectivity index (χ0n) is 11.8. The third-order valence-electron chi connectivity index (χ3n) is 4.54. The Balaban J connectivity index is 2.12. The maximum absolute atomic E-state index is 6.42. The van der Waals surface area contributed by atoms with Gasteiger partial charge in [0.2, 0.25) is 0 Å². The number of ether oxygens (including phenoxy) is 1. The Labute approximate surface area is 115 Å². The van der Waals surface area contributed by atoms with Crippen LogP contribution in [-0.4, -0.2) is 0 Å². The monoisotopic (exact) mass is 252 g/mol. The fourth-order valence-electron chi connectivity index (χ4n) is 2.96. The molecular formula is C18H20O. The molecule has 1 heteroatoms. The van der Waals surface area contributed by atoms with E-state index in [4.69, 9.17) is 4.74 Å². The summed E-state index contributed by atoms with van der Waals surface area (Å²) in [6.07, 6.45) is 1.04. The van der Waals surface area contributed by atoms with Crippen LogP contribution >= 0.6 is 0 Å². The maximum atomic E-state index is 6.42. The van der Waals surface area contributed by atoms with Crippen LogP contribution in [0.5, 0.6) is 5.75 Å². The zero-order chi connectivity index (χ0) is 13.5. The molecule has 1 aliphatic rings. The number of para-hydroxylation sites is 1. The van der Waals surface area contributed by atoms with Gasteiger partial charge in [-0.3, -0.25) is 0 Å². The first kappa shape index (κ1) is 12.3. The molecule has 0 saturated heterocycles. The lowest BCUT2D eigenvalue weighted by atomic mass is 9.67. The van der Waals surface area contributed by atoms with Crippen LogP contribution in [0.2, 0.25) is 0 Å². The Kier molecular flexibility index (Phi) is 2.67. The molecular weight excluding hydrogens is 232 g/mol. The van der Waals surface area contributed by atoms with Crippen molar-refractivity contribution in [2.75, 3.05) is 0 Å². The standard InChI is InChI=1S/C18H20O/c1-17(2)13-14-9-7-8-12-16(14)19-18(17,3)15-10-5-4-6-11-15/h4-12H,13H2,1-3H3. The van der Waals surface area contributed by atoms with Crippen molar-refractivity contribution in [3.05, 3.63) is 65.7 Å². The van der Waals surface area contributed by atoms with Crippen molar-refractivity contribution >= 4 is 0 Å². The fraction of sp³-hybridized carbons (Fsp3) is 0.333. The van der Waals surface area contributed by atoms with E-state index in [2.05, 4.69) is 69.3 Å². The van der Waals surface area contributed by atoms with Gasteiger partial charge in [0, 0.05) is 5.41 Å². The summed E-state index contributed by atoms with van der Waals surface area (Å²) >= 11 is 0. The predicted molar refractivity (Wildman–Crippen MR) is 78.3 cm³/mol. The van der Waals surface area contributed by atoms with E-state index in [1.54, 1.807) is 0 Å². The van der Waals surface area contributed by atoms with E-state index >= 15 is 0 Å². The van der Waals surface area contributed by atoms with Gasteiger partial charge in [-0.15, -0.1) is 0 Å². The van der Waals surface area contributed by atoms with Gasteiger partial charge in [0.05, 0.1) is 0 Å². The molecule has 0 saturated carbocycles. The molecule has 0 N–H and O–H groups in total. The molecule has 1 aliphatic heterocycles. The van der Waals surface area contributed by atoms with Gasteiger partial charge in [0.15, 0.2) is 0 Å². The van der Waals surface area contributed by atoms with Crippen LogP contribution in [0.25, 0.3) is 0 Å². The lowest BCUT2D eigenvalue weighted by molar-refractivity contribution is -0.0486. The molecule has 0 bridgehead atoms. The highest BCUT2D eigenvalue weighted by atomic mass is 16.5. The van der Waals surface area contributed by atoms with Crippen molar-refractivity contribution in [3.8, 4) is 5.75 Å². The largest absolute Gasteiger partial charge is 0.482 e. The van der Waals surface area contributed by atoms with E-state index in [0.29, 0.717) is 0 Å². The Bertz CT molecular complexity index is 586. The normalized spacial score (nSPS) is 24.4. The molecule has 0 aliphatic carbocycles. The summed E-state index contributed by atoms with van der Waals surface area (Å²) in [5.74, 6) is 1.02. The van der Waals surface area contributed by atoms with E-state index in [9.17, 15) is 0 Å². The van der Waals surface area contributed by atoms with Gasteiger partial charge in [-0.05, 0) is 30.5 Å². The maximum Gasteiger partial charge on any atom is 0.137 e. The second kappa shape index (κ2) is 4.12. The number of rotatable bonds is 1. The highest BCUT2D eigenvalue weighted by Gasteiger charge is 2.48. The lowest BCUT2D eigenvalue weighted by Crippen LogP contribution is -2.48. The van der Waals surface area contributed by atoms with Crippen molar-refractivity contribution in [1.82, 2.24) is 0 Å². The highest BCUT2D eigenvalue weighted by Crippen LogP contribution is 2.50. The van der Waals surface area contributed by atoms with Gasteiger partial charge < -0.3 is 4.74 Å². The van der Waals surface area contributed by atoms with Crippen LogP contribution in [0.1, 0.15) is 31.9 Å². The average Bonchev–Trinajstić information content (AvgIpc) is 2.40. The van der Waals surface area contributed by atoms with Gasteiger partial charge in [0.1, 0.15) is 11.4 Å². The van der Waals surface area contributed by atoms with Crippen molar-refractivity contribution in [3.63, 3.8) is 0 Å². The van der Waals surface area contributed by atoms with E-state index < -0.39 is 0 Å². The number of hydrogen-bond acceptors (Lipinski definition) is 1. The van der Waals surface area contributed by atoms with Crippen molar-refractivity contribution in [1.29, 1.82) is 0 Å². The van der Waals surface area contributed by atoms with E-state index in [0.717, 1.165) is 12.2 Å². The van der Waals surface area contributed by atoms with Crippen LogP contribution in [0.4, 0.5) is 0 Å². The first-order chi connectivity index (χ1) is 9.03. The summed E-state index contributed by atoms with van der Waals surface area (Å²) in [4.78, 5) is 0. The summed E-state index contributed by atoms with van der Waals surface area (Å²) in [5.41, 5.74) is 2.32. The number of hydrogen-bond donors (Lipinski definition) is 0. The Morgan fingerprint density at radius 2 is 1.47 bits per heavy atom. The summed E-state index contributed by atoms with van der Waals surface area (Å²) in [5, 5.41) is 0. The quantitative estimate of drug-likeness (QED) is 0.722. The van der Waals surface area contributed by atoms with E-state index in [1.807, 2.05) is 6.07 Å².